The quantitative estimate of drug-likeness (QED) is 0.228. The molecule has 2 aliphatic heterocycles. The van der Waals surface area contributed by atoms with Crippen LogP contribution in [0, 0.1) is 12.7 Å². The van der Waals surface area contributed by atoms with Gasteiger partial charge < -0.3 is 19.3 Å². The summed E-state index contributed by atoms with van der Waals surface area (Å²) < 4.78 is 24.1. The molecule has 0 saturated carbocycles. The molecule has 2 aliphatic rings. The third-order valence-corrected chi connectivity index (χ3v) is 9.70. The van der Waals surface area contributed by atoms with Crippen molar-refractivity contribution in [1.82, 2.24) is 24.1 Å². The molecule has 3 aromatic carbocycles. The van der Waals surface area contributed by atoms with Gasteiger partial charge in [0.1, 0.15) is 11.6 Å². The number of benzene rings is 3. The number of phenols is 1. The first kappa shape index (κ1) is 34.9. The fraction of sp³-hybridized carbons (Fsp3) is 0.289. The number of hydrogen-bond acceptors (Lipinski definition) is 6. The highest BCUT2D eigenvalue weighted by molar-refractivity contribution is 6.12. The molecule has 10 nitrogen and oxygen atoms in total. The molecule has 2 amide bonds. The smallest absolute Gasteiger partial charge is 0.264 e. The molecule has 50 heavy (non-hydrogen) atoms. The predicted molar refractivity (Wildman–Crippen MR) is 192 cm³/mol. The summed E-state index contributed by atoms with van der Waals surface area (Å²) in [5.74, 6) is -0.919. The Hall–Kier alpha value is -4.97. The molecule has 2 aromatic heterocycles. The lowest BCUT2D eigenvalue weighted by Gasteiger charge is -2.40. The largest absolute Gasteiger partial charge is 0.508 e. The van der Waals surface area contributed by atoms with Crippen molar-refractivity contribution in [1.29, 1.82) is 0 Å². The molecule has 4 heterocycles. The van der Waals surface area contributed by atoms with E-state index in [1.165, 1.54) is 34.7 Å². The number of ether oxygens (including phenoxy) is 1. The van der Waals surface area contributed by atoms with Crippen LogP contribution in [0.15, 0.2) is 85.2 Å². The summed E-state index contributed by atoms with van der Waals surface area (Å²) in [5, 5.41) is 14.2. The number of aromatic nitrogens is 3. The number of carbonyl (C=O) groups excluding carboxylic acids is 2. The van der Waals surface area contributed by atoms with Gasteiger partial charge in [0.2, 0.25) is 0 Å². The fourth-order valence-corrected chi connectivity index (χ4v) is 6.94. The van der Waals surface area contributed by atoms with Gasteiger partial charge >= 0.3 is 0 Å². The lowest BCUT2D eigenvalue weighted by Crippen LogP contribution is -2.52. The molecule has 1 N–H and O–H groups in total. The Bertz CT molecular complexity index is 2020. The van der Waals surface area contributed by atoms with Gasteiger partial charge in [0.25, 0.3) is 11.8 Å². The van der Waals surface area contributed by atoms with Crippen molar-refractivity contribution in [2.75, 3.05) is 37.7 Å². The monoisotopic (exact) mass is 698 g/mol. The van der Waals surface area contributed by atoms with Crippen molar-refractivity contribution >= 4 is 35.6 Å². The van der Waals surface area contributed by atoms with E-state index in [1.807, 2.05) is 35.6 Å². The summed E-state index contributed by atoms with van der Waals surface area (Å²) in [6, 6.07) is 20.5. The molecular formula is C38H40ClFN6O4. The molecule has 7 rings (SSSR count). The van der Waals surface area contributed by atoms with Crippen LogP contribution in [-0.4, -0.2) is 80.0 Å². The van der Waals surface area contributed by atoms with E-state index < -0.39 is 5.82 Å². The van der Waals surface area contributed by atoms with Crippen LogP contribution < -0.4 is 4.90 Å². The number of nitrogens with zero attached hydrogens (tertiary/aromatic N) is 6. The summed E-state index contributed by atoms with van der Waals surface area (Å²) in [4.78, 5) is 34.8. The standard InChI is InChI=1S/C38H39FN6O4.ClH/c1-25-34(38(48)45(31-21-40-41(2)23-31)29-9-11-32(46)12-10-29)20-36(42(25)3)35-19-28(39)8-13-33(35)37(47)44-22-27-7-5-4-6-26(27)18-30(44)24-43-14-16-49-17-15-43;/h4-13,19-21,23,30,46H,14-18,22,24H2,1-3H3;1H/t30-;/m0./s1. The number of halogens is 2. The minimum atomic E-state index is -0.479. The molecule has 1 fully saturated rings. The Kier molecular flexibility index (Phi) is 10.1. The lowest BCUT2D eigenvalue weighted by atomic mass is 9.92. The Balaban J connectivity index is 0.00000432. The summed E-state index contributed by atoms with van der Waals surface area (Å²) in [7, 11) is 3.58. The zero-order valence-corrected chi connectivity index (χ0v) is 29.1. The van der Waals surface area contributed by atoms with Crippen molar-refractivity contribution < 1.29 is 23.8 Å². The van der Waals surface area contributed by atoms with Crippen LogP contribution in [0.2, 0.25) is 0 Å². The van der Waals surface area contributed by atoms with E-state index in [-0.39, 0.29) is 36.0 Å². The number of carbonyl (C=O) groups is 2. The maximum absolute atomic E-state index is 15.1. The second kappa shape index (κ2) is 14.5. The first-order valence-electron chi connectivity index (χ1n) is 16.4. The van der Waals surface area contributed by atoms with Crippen LogP contribution in [0.3, 0.4) is 0 Å². The van der Waals surface area contributed by atoms with E-state index in [0.29, 0.717) is 65.8 Å². The van der Waals surface area contributed by atoms with Crippen molar-refractivity contribution in [2.45, 2.75) is 25.9 Å². The van der Waals surface area contributed by atoms with Gasteiger partial charge in [-0.25, -0.2) is 4.39 Å². The molecule has 0 aliphatic carbocycles. The van der Waals surface area contributed by atoms with Gasteiger partial charge in [-0.15, -0.1) is 12.4 Å². The fourth-order valence-electron chi connectivity index (χ4n) is 6.94. The van der Waals surface area contributed by atoms with Crippen molar-refractivity contribution in [3.05, 3.63) is 119 Å². The highest BCUT2D eigenvalue weighted by Crippen LogP contribution is 2.35. The number of fused-ring (bicyclic) bond motifs is 1. The number of hydrogen-bond donors (Lipinski definition) is 1. The van der Waals surface area contributed by atoms with E-state index in [9.17, 15) is 14.7 Å². The number of aromatic hydroxyl groups is 1. The number of phenolic OH excluding ortho intramolecular Hbond substituents is 1. The Morgan fingerprint density at radius 1 is 0.960 bits per heavy atom. The van der Waals surface area contributed by atoms with Crippen LogP contribution in [-0.2, 0) is 31.8 Å². The Morgan fingerprint density at radius 2 is 1.68 bits per heavy atom. The molecule has 0 unspecified atom stereocenters. The van der Waals surface area contributed by atoms with Crippen molar-refractivity contribution in [3.63, 3.8) is 0 Å². The van der Waals surface area contributed by atoms with Gasteiger partial charge in [0, 0.05) is 80.7 Å². The SMILES string of the molecule is Cc1c(C(=O)N(c2ccc(O)cc2)c2cnn(C)c2)cc(-c2cc(F)ccc2C(=O)N2Cc3ccccc3C[C@H]2CN2CCOCC2)n1C.Cl. The highest BCUT2D eigenvalue weighted by Gasteiger charge is 2.34. The summed E-state index contributed by atoms with van der Waals surface area (Å²) in [5.41, 5.74) is 5.78. The molecule has 12 heteroatoms. The topological polar surface area (TPSA) is 96.1 Å². The van der Waals surface area contributed by atoms with Gasteiger partial charge in [-0.3, -0.25) is 24.1 Å². The first-order chi connectivity index (χ1) is 23.7. The molecule has 1 saturated heterocycles. The summed E-state index contributed by atoms with van der Waals surface area (Å²) in [6.07, 6.45) is 4.05. The molecular weight excluding hydrogens is 659 g/mol. The van der Waals surface area contributed by atoms with Gasteiger partial charge in [0.05, 0.1) is 30.7 Å². The lowest BCUT2D eigenvalue weighted by molar-refractivity contribution is 0.0193. The second-order valence-corrected chi connectivity index (χ2v) is 12.8. The molecule has 0 radical (unpaired) electrons. The van der Waals surface area contributed by atoms with Crippen molar-refractivity contribution in [2.24, 2.45) is 14.1 Å². The summed E-state index contributed by atoms with van der Waals surface area (Å²) in [6.45, 7) is 5.93. The molecule has 0 bridgehead atoms. The molecule has 260 valence electrons. The van der Waals surface area contributed by atoms with Crippen LogP contribution >= 0.6 is 12.4 Å². The number of aryl methyl sites for hydroxylation is 1. The third kappa shape index (κ3) is 6.76. The van der Waals surface area contributed by atoms with Gasteiger partial charge in [0.15, 0.2) is 0 Å². The molecule has 0 spiro atoms. The minimum absolute atomic E-state index is 0. The normalized spacial score (nSPS) is 16.1. The van der Waals surface area contributed by atoms with Crippen LogP contribution in [0.4, 0.5) is 15.8 Å². The maximum Gasteiger partial charge on any atom is 0.264 e. The average Bonchev–Trinajstić information content (AvgIpc) is 3.67. The van der Waals surface area contributed by atoms with Gasteiger partial charge in [-0.05, 0) is 73.0 Å². The minimum Gasteiger partial charge on any atom is -0.508 e. The zero-order chi connectivity index (χ0) is 34.2. The van der Waals surface area contributed by atoms with E-state index in [2.05, 4.69) is 22.1 Å². The first-order valence-corrected chi connectivity index (χ1v) is 16.4. The van der Waals surface area contributed by atoms with Crippen molar-refractivity contribution in [3.8, 4) is 17.0 Å². The molecule has 1 atom stereocenters. The van der Waals surface area contributed by atoms with Gasteiger partial charge in [-0.1, -0.05) is 24.3 Å². The van der Waals surface area contributed by atoms with E-state index in [0.717, 1.165) is 25.1 Å². The van der Waals surface area contributed by atoms with E-state index in [4.69, 9.17) is 4.74 Å². The number of anilines is 2. The van der Waals surface area contributed by atoms with Crippen LogP contribution in [0.1, 0.15) is 37.5 Å². The average molecular weight is 699 g/mol. The predicted octanol–water partition coefficient (Wildman–Crippen LogP) is 5.88. The molecule has 5 aromatic rings. The Morgan fingerprint density at radius 3 is 2.38 bits per heavy atom. The van der Waals surface area contributed by atoms with E-state index >= 15 is 4.39 Å². The van der Waals surface area contributed by atoms with Crippen LogP contribution in [0.25, 0.3) is 11.3 Å². The number of rotatable bonds is 7. The highest BCUT2D eigenvalue weighted by atomic mass is 35.5. The zero-order valence-electron chi connectivity index (χ0n) is 28.3. The second-order valence-electron chi connectivity index (χ2n) is 12.8. The summed E-state index contributed by atoms with van der Waals surface area (Å²) >= 11 is 0. The maximum atomic E-state index is 15.1. The van der Waals surface area contributed by atoms with E-state index in [1.54, 1.807) is 48.4 Å². The third-order valence-electron chi connectivity index (χ3n) is 9.70. The van der Waals surface area contributed by atoms with Gasteiger partial charge in [-0.2, -0.15) is 5.10 Å². The van der Waals surface area contributed by atoms with Crippen LogP contribution in [0.5, 0.6) is 5.75 Å². The Labute approximate surface area is 296 Å². The number of amides is 2. The number of morpholine rings is 1.